The summed E-state index contributed by atoms with van der Waals surface area (Å²) >= 11 is 3.35. The van der Waals surface area contributed by atoms with E-state index in [-0.39, 0.29) is 12.5 Å². The lowest BCUT2D eigenvalue weighted by molar-refractivity contribution is 0.0437. The van der Waals surface area contributed by atoms with Gasteiger partial charge in [-0.15, -0.1) is 10.2 Å². The molecule has 7 nitrogen and oxygen atoms in total. The number of esters is 2. The maximum absolute atomic E-state index is 12.0. The van der Waals surface area contributed by atoms with Crippen LogP contribution in [-0.2, 0) is 16.1 Å². The van der Waals surface area contributed by atoms with Crippen molar-refractivity contribution in [1.29, 1.82) is 0 Å². The quantitative estimate of drug-likeness (QED) is 0.586. The summed E-state index contributed by atoms with van der Waals surface area (Å²) < 4.78 is 16.2. The lowest BCUT2D eigenvalue weighted by atomic mass is 10.1. The topological polar surface area (TPSA) is 91.5 Å². The molecule has 0 saturated heterocycles. The maximum Gasteiger partial charge on any atom is 0.338 e. The molecule has 0 N–H and O–H groups in total. The molecule has 2 aromatic carbocycles. The Hall–Kier alpha value is -3.00. The summed E-state index contributed by atoms with van der Waals surface area (Å²) in [7, 11) is 1.29. The minimum Gasteiger partial charge on any atom is -0.465 e. The molecule has 3 aromatic rings. The van der Waals surface area contributed by atoms with E-state index in [9.17, 15) is 9.59 Å². The molecule has 0 bridgehead atoms. The zero-order valence-electron chi connectivity index (χ0n) is 13.6. The molecule has 0 radical (unpaired) electrons. The number of halogens is 1. The smallest absolute Gasteiger partial charge is 0.338 e. The monoisotopic (exact) mass is 416 g/mol. The number of carbonyl (C=O) groups excluding carboxylic acids is 2. The molecule has 3 rings (SSSR count). The van der Waals surface area contributed by atoms with Gasteiger partial charge in [0.15, 0.2) is 6.61 Å². The van der Waals surface area contributed by atoms with Gasteiger partial charge in [-0.05, 0) is 48.5 Å². The van der Waals surface area contributed by atoms with Crippen molar-refractivity contribution in [2.75, 3.05) is 7.11 Å². The number of hydrogen-bond donors (Lipinski definition) is 0. The Balaban J connectivity index is 1.61. The van der Waals surface area contributed by atoms with Crippen LogP contribution in [-0.4, -0.2) is 29.2 Å². The van der Waals surface area contributed by atoms with Gasteiger partial charge in [-0.3, -0.25) is 0 Å². The van der Waals surface area contributed by atoms with Gasteiger partial charge in [-0.25, -0.2) is 9.59 Å². The third-order valence-electron chi connectivity index (χ3n) is 3.43. The van der Waals surface area contributed by atoms with E-state index in [2.05, 4.69) is 30.9 Å². The van der Waals surface area contributed by atoms with Crippen molar-refractivity contribution in [3.8, 4) is 11.5 Å². The Morgan fingerprint density at radius 3 is 2.19 bits per heavy atom. The van der Waals surface area contributed by atoms with Crippen molar-refractivity contribution in [3.63, 3.8) is 0 Å². The molecule has 0 unspecified atom stereocenters. The van der Waals surface area contributed by atoms with Crippen LogP contribution in [0, 0.1) is 0 Å². The summed E-state index contributed by atoms with van der Waals surface area (Å²) in [6.07, 6.45) is 0. The van der Waals surface area contributed by atoms with Crippen molar-refractivity contribution >= 4 is 27.9 Å². The molecule has 0 amide bonds. The maximum atomic E-state index is 12.0. The van der Waals surface area contributed by atoms with Crippen LogP contribution in [0.15, 0.2) is 57.4 Å². The third kappa shape index (κ3) is 4.15. The molecule has 132 valence electrons. The van der Waals surface area contributed by atoms with E-state index < -0.39 is 11.9 Å². The first-order valence-corrected chi connectivity index (χ1v) is 8.30. The van der Waals surface area contributed by atoms with E-state index in [4.69, 9.17) is 9.15 Å². The molecule has 0 spiro atoms. The fourth-order valence-electron chi connectivity index (χ4n) is 2.09. The average molecular weight is 417 g/mol. The van der Waals surface area contributed by atoms with Crippen molar-refractivity contribution in [3.05, 3.63) is 70.0 Å². The summed E-state index contributed by atoms with van der Waals surface area (Å²) in [5, 5.41) is 7.79. The van der Waals surface area contributed by atoms with Crippen LogP contribution in [0.2, 0.25) is 0 Å². The van der Waals surface area contributed by atoms with Gasteiger partial charge in [0.05, 0.1) is 18.2 Å². The molecular weight excluding hydrogens is 404 g/mol. The molecule has 0 aliphatic heterocycles. The van der Waals surface area contributed by atoms with Gasteiger partial charge in [0.2, 0.25) is 5.89 Å². The lowest BCUT2D eigenvalue weighted by Crippen LogP contribution is -2.07. The van der Waals surface area contributed by atoms with E-state index in [0.717, 1.165) is 10.0 Å². The zero-order chi connectivity index (χ0) is 18.5. The lowest BCUT2D eigenvalue weighted by Gasteiger charge is -2.03. The molecule has 0 aliphatic carbocycles. The highest BCUT2D eigenvalue weighted by Gasteiger charge is 2.13. The SMILES string of the molecule is COC(=O)c1ccc(C(=O)OCc2nnc(-c3ccc(Br)cc3)o2)cc1. The Bertz CT molecular complexity index is 920. The van der Waals surface area contributed by atoms with Crippen LogP contribution >= 0.6 is 15.9 Å². The van der Waals surface area contributed by atoms with E-state index in [0.29, 0.717) is 17.0 Å². The molecule has 0 aliphatic rings. The van der Waals surface area contributed by atoms with Gasteiger partial charge in [0.25, 0.3) is 5.89 Å². The number of hydrogen-bond acceptors (Lipinski definition) is 7. The normalized spacial score (nSPS) is 10.4. The second-order valence-electron chi connectivity index (χ2n) is 5.15. The molecule has 0 atom stereocenters. The predicted octanol–water partition coefficient (Wildman–Crippen LogP) is 3.64. The van der Waals surface area contributed by atoms with Gasteiger partial charge >= 0.3 is 11.9 Å². The molecule has 26 heavy (non-hydrogen) atoms. The largest absolute Gasteiger partial charge is 0.465 e. The standard InChI is InChI=1S/C18H13BrN2O5/c1-24-17(22)12-2-4-13(5-3-12)18(23)25-10-15-20-21-16(26-15)11-6-8-14(19)9-7-11/h2-9H,10H2,1H3. The molecule has 1 aromatic heterocycles. The van der Waals surface area contributed by atoms with E-state index in [1.807, 2.05) is 24.3 Å². The number of methoxy groups -OCH3 is 1. The summed E-state index contributed by atoms with van der Waals surface area (Å²) in [5.74, 6) is -0.519. The van der Waals surface area contributed by atoms with E-state index in [1.54, 1.807) is 0 Å². The first kappa shape index (κ1) is 17.8. The summed E-state index contributed by atoms with van der Waals surface area (Å²) in [6.45, 7) is -0.152. The van der Waals surface area contributed by atoms with Gasteiger partial charge in [0.1, 0.15) is 0 Å². The van der Waals surface area contributed by atoms with Gasteiger partial charge in [-0.2, -0.15) is 0 Å². The fraction of sp³-hybridized carbons (Fsp3) is 0.111. The molecular formula is C18H13BrN2O5. The van der Waals surface area contributed by atoms with Crippen LogP contribution in [0.3, 0.4) is 0 Å². The van der Waals surface area contributed by atoms with Crippen molar-refractivity contribution < 1.29 is 23.5 Å². The van der Waals surface area contributed by atoms with Gasteiger partial charge in [0, 0.05) is 10.0 Å². The highest BCUT2D eigenvalue weighted by atomic mass is 79.9. The number of rotatable bonds is 5. The van der Waals surface area contributed by atoms with Crippen molar-refractivity contribution in [2.45, 2.75) is 6.61 Å². The minimum absolute atomic E-state index is 0.152. The Labute approximate surface area is 157 Å². The minimum atomic E-state index is -0.565. The Morgan fingerprint density at radius 1 is 0.962 bits per heavy atom. The number of nitrogens with zero attached hydrogens (tertiary/aromatic N) is 2. The predicted molar refractivity (Wildman–Crippen MR) is 94.3 cm³/mol. The highest BCUT2D eigenvalue weighted by Crippen LogP contribution is 2.20. The van der Waals surface area contributed by atoms with Gasteiger partial charge < -0.3 is 13.9 Å². The van der Waals surface area contributed by atoms with Crippen LogP contribution in [0.5, 0.6) is 0 Å². The summed E-state index contributed by atoms with van der Waals surface area (Å²) in [6, 6.07) is 13.3. The molecule has 0 saturated carbocycles. The van der Waals surface area contributed by atoms with Crippen LogP contribution in [0.25, 0.3) is 11.5 Å². The number of ether oxygens (including phenoxy) is 2. The fourth-order valence-corrected chi connectivity index (χ4v) is 2.36. The molecule has 1 heterocycles. The van der Waals surface area contributed by atoms with Crippen LogP contribution in [0.4, 0.5) is 0 Å². The second-order valence-corrected chi connectivity index (χ2v) is 6.07. The van der Waals surface area contributed by atoms with Crippen molar-refractivity contribution in [2.24, 2.45) is 0 Å². The first-order chi connectivity index (χ1) is 12.6. The summed E-state index contributed by atoms with van der Waals surface area (Å²) in [4.78, 5) is 23.4. The summed E-state index contributed by atoms with van der Waals surface area (Å²) in [5.41, 5.74) is 1.40. The van der Waals surface area contributed by atoms with E-state index >= 15 is 0 Å². The van der Waals surface area contributed by atoms with E-state index in [1.165, 1.54) is 31.4 Å². The van der Waals surface area contributed by atoms with Gasteiger partial charge in [-0.1, -0.05) is 15.9 Å². The number of benzene rings is 2. The second kappa shape index (κ2) is 7.92. The molecule has 8 heteroatoms. The van der Waals surface area contributed by atoms with Crippen LogP contribution in [0.1, 0.15) is 26.6 Å². The number of carbonyl (C=O) groups is 2. The van der Waals surface area contributed by atoms with Crippen LogP contribution < -0.4 is 0 Å². The Kier molecular flexibility index (Phi) is 5.43. The zero-order valence-corrected chi connectivity index (χ0v) is 15.2. The first-order valence-electron chi connectivity index (χ1n) is 7.50. The highest BCUT2D eigenvalue weighted by molar-refractivity contribution is 9.10. The van der Waals surface area contributed by atoms with Crippen molar-refractivity contribution in [1.82, 2.24) is 10.2 Å². The average Bonchev–Trinajstić information content (AvgIpc) is 3.15. The Morgan fingerprint density at radius 2 is 1.58 bits per heavy atom. The third-order valence-corrected chi connectivity index (χ3v) is 3.96. The number of aromatic nitrogens is 2. The molecule has 0 fully saturated rings.